The average molecular weight is 271 g/mol. The first-order chi connectivity index (χ1) is 9.85. The van der Waals surface area contributed by atoms with Gasteiger partial charge in [-0.25, -0.2) is 0 Å². The molecule has 2 rings (SSSR count). The van der Waals surface area contributed by atoms with Crippen LogP contribution in [0.1, 0.15) is 11.1 Å². The maximum atomic E-state index is 5.30. The van der Waals surface area contributed by atoms with Gasteiger partial charge in [0.25, 0.3) is 0 Å². The van der Waals surface area contributed by atoms with Crippen molar-refractivity contribution in [3.63, 3.8) is 0 Å². The molecule has 20 heavy (non-hydrogen) atoms. The first-order valence-corrected chi connectivity index (χ1v) is 6.25. The second-order valence-corrected chi connectivity index (χ2v) is 4.06. The van der Waals surface area contributed by atoms with E-state index in [9.17, 15) is 0 Å². The maximum absolute atomic E-state index is 5.30. The fourth-order valence-corrected chi connectivity index (χ4v) is 1.80. The molecular formula is C16H17NO3. The van der Waals surface area contributed by atoms with Crippen LogP contribution in [0, 0.1) is 0 Å². The van der Waals surface area contributed by atoms with Crippen molar-refractivity contribution in [1.29, 1.82) is 0 Å². The second-order valence-electron chi connectivity index (χ2n) is 4.06. The van der Waals surface area contributed by atoms with E-state index in [0.717, 1.165) is 22.6 Å². The minimum absolute atomic E-state index is 0.357. The molecule has 0 unspecified atom stereocenters. The molecule has 2 aromatic carbocycles. The third kappa shape index (κ3) is 3.51. The molecule has 0 spiro atoms. The molecule has 0 aliphatic rings. The second kappa shape index (κ2) is 7.19. The molecule has 0 N–H and O–H groups in total. The molecule has 0 heterocycles. The predicted octanol–water partition coefficient (Wildman–Crippen LogP) is 3.25. The molecule has 104 valence electrons. The zero-order valence-electron chi connectivity index (χ0n) is 11.6. The molecule has 2 aromatic rings. The minimum Gasteiger partial charge on any atom is -0.496 e. The summed E-state index contributed by atoms with van der Waals surface area (Å²) in [5.41, 5.74) is 1.82. The van der Waals surface area contributed by atoms with E-state index < -0.39 is 0 Å². The van der Waals surface area contributed by atoms with Crippen LogP contribution in [0.5, 0.6) is 11.5 Å². The first kappa shape index (κ1) is 13.9. The molecule has 0 saturated carbocycles. The zero-order chi connectivity index (χ0) is 14.2. The van der Waals surface area contributed by atoms with Gasteiger partial charge < -0.3 is 14.3 Å². The Morgan fingerprint density at radius 2 is 1.55 bits per heavy atom. The molecule has 0 saturated heterocycles. The molecule has 0 aliphatic heterocycles. The van der Waals surface area contributed by atoms with Crippen molar-refractivity contribution in [3.05, 3.63) is 59.7 Å². The van der Waals surface area contributed by atoms with E-state index in [-0.39, 0.29) is 0 Å². The number of methoxy groups -OCH3 is 2. The van der Waals surface area contributed by atoms with Crippen molar-refractivity contribution in [1.82, 2.24) is 0 Å². The van der Waals surface area contributed by atoms with Crippen molar-refractivity contribution in [2.45, 2.75) is 6.61 Å². The minimum atomic E-state index is 0.357. The molecular weight excluding hydrogens is 254 g/mol. The third-order valence-corrected chi connectivity index (χ3v) is 2.82. The smallest absolute Gasteiger partial charge is 0.145 e. The molecule has 4 heteroatoms. The molecule has 0 radical (unpaired) electrons. The normalized spacial score (nSPS) is 10.5. The number of para-hydroxylation sites is 2. The van der Waals surface area contributed by atoms with Gasteiger partial charge in [0.15, 0.2) is 0 Å². The van der Waals surface area contributed by atoms with Crippen molar-refractivity contribution >= 4 is 6.21 Å². The summed E-state index contributed by atoms with van der Waals surface area (Å²) < 4.78 is 10.5. The largest absolute Gasteiger partial charge is 0.496 e. The van der Waals surface area contributed by atoms with Gasteiger partial charge in [0, 0.05) is 11.1 Å². The van der Waals surface area contributed by atoms with Crippen LogP contribution >= 0.6 is 0 Å². The summed E-state index contributed by atoms with van der Waals surface area (Å²) in [6, 6.07) is 15.3. The van der Waals surface area contributed by atoms with Crippen LogP contribution in [0.15, 0.2) is 53.7 Å². The lowest BCUT2D eigenvalue weighted by atomic mass is 10.2. The Kier molecular flexibility index (Phi) is 5.00. The lowest BCUT2D eigenvalue weighted by Gasteiger charge is -2.06. The first-order valence-electron chi connectivity index (χ1n) is 6.25. The monoisotopic (exact) mass is 271 g/mol. The summed E-state index contributed by atoms with van der Waals surface area (Å²) in [4.78, 5) is 5.30. The number of benzene rings is 2. The number of oxime groups is 1. The van der Waals surface area contributed by atoms with Gasteiger partial charge in [-0.2, -0.15) is 0 Å². The van der Waals surface area contributed by atoms with Gasteiger partial charge in [0.05, 0.1) is 20.4 Å². The average Bonchev–Trinajstić information content (AvgIpc) is 2.52. The lowest BCUT2D eigenvalue weighted by Crippen LogP contribution is -1.94. The summed E-state index contributed by atoms with van der Waals surface area (Å²) in [5.74, 6) is 1.55. The summed E-state index contributed by atoms with van der Waals surface area (Å²) in [5, 5.41) is 3.96. The topological polar surface area (TPSA) is 40.0 Å². The molecule has 4 nitrogen and oxygen atoms in total. The summed E-state index contributed by atoms with van der Waals surface area (Å²) in [6.45, 7) is 0.357. The number of hydrogen-bond donors (Lipinski definition) is 0. The summed E-state index contributed by atoms with van der Waals surface area (Å²) in [6.07, 6.45) is 1.63. The van der Waals surface area contributed by atoms with Gasteiger partial charge in [-0.1, -0.05) is 35.5 Å². The fourth-order valence-electron chi connectivity index (χ4n) is 1.80. The standard InChI is InChI=1S/C16H17NO3/c1-18-15-9-5-3-7-13(15)11-17-20-12-14-8-4-6-10-16(14)19-2/h3-11H,12H2,1-2H3. The van der Waals surface area contributed by atoms with Crippen LogP contribution in [0.4, 0.5) is 0 Å². The molecule has 0 amide bonds. The van der Waals surface area contributed by atoms with Crippen molar-refractivity contribution < 1.29 is 14.3 Å². The Morgan fingerprint density at radius 3 is 2.30 bits per heavy atom. The van der Waals surface area contributed by atoms with Gasteiger partial charge in [-0.15, -0.1) is 0 Å². The number of rotatable bonds is 6. The van der Waals surface area contributed by atoms with Crippen LogP contribution in [-0.2, 0) is 11.4 Å². The van der Waals surface area contributed by atoms with Crippen LogP contribution in [0.2, 0.25) is 0 Å². The van der Waals surface area contributed by atoms with Crippen LogP contribution in [-0.4, -0.2) is 20.4 Å². The van der Waals surface area contributed by atoms with E-state index in [1.807, 2.05) is 48.5 Å². The molecule has 0 aromatic heterocycles. The highest BCUT2D eigenvalue weighted by molar-refractivity contribution is 5.82. The van der Waals surface area contributed by atoms with Crippen molar-refractivity contribution in [3.8, 4) is 11.5 Å². The highest BCUT2D eigenvalue weighted by Crippen LogP contribution is 2.18. The van der Waals surface area contributed by atoms with Gasteiger partial charge in [0.2, 0.25) is 0 Å². The van der Waals surface area contributed by atoms with Gasteiger partial charge in [-0.3, -0.25) is 0 Å². The van der Waals surface area contributed by atoms with Crippen LogP contribution in [0.3, 0.4) is 0 Å². The van der Waals surface area contributed by atoms with Crippen LogP contribution < -0.4 is 9.47 Å². The Morgan fingerprint density at radius 1 is 0.900 bits per heavy atom. The quantitative estimate of drug-likeness (QED) is 0.598. The maximum Gasteiger partial charge on any atom is 0.145 e. The van der Waals surface area contributed by atoms with E-state index >= 15 is 0 Å². The molecule has 0 atom stereocenters. The van der Waals surface area contributed by atoms with E-state index in [1.165, 1.54) is 0 Å². The highest BCUT2D eigenvalue weighted by Gasteiger charge is 2.01. The molecule has 0 bridgehead atoms. The van der Waals surface area contributed by atoms with E-state index in [4.69, 9.17) is 14.3 Å². The van der Waals surface area contributed by atoms with E-state index in [2.05, 4.69) is 5.16 Å². The zero-order valence-corrected chi connectivity index (χ0v) is 11.6. The SMILES string of the molecule is COc1ccccc1C=NOCc1ccccc1OC. The lowest BCUT2D eigenvalue weighted by molar-refractivity contribution is 0.130. The fraction of sp³-hybridized carbons (Fsp3) is 0.188. The Bertz CT molecular complexity index is 581. The summed E-state index contributed by atoms with van der Waals surface area (Å²) >= 11 is 0. The number of ether oxygens (including phenoxy) is 2. The number of nitrogens with zero attached hydrogens (tertiary/aromatic N) is 1. The molecule has 0 aliphatic carbocycles. The van der Waals surface area contributed by atoms with E-state index in [0.29, 0.717) is 6.61 Å². The van der Waals surface area contributed by atoms with E-state index in [1.54, 1.807) is 20.4 Å². The van der Waals surface area contributed by atoms with Gasteiger partial charge in [-0.05, 0) is 18.2 Å². The van der Waals surface area contributed by atoms with Crippen molar-refractivity contribution in [2.75, 3.05) is 14.2 Å². The van der Waals surface area contributed by atoms with Gasteiger partial charge in [0.1, 0.15) is 18.1 Å². The Labute approximate surface area is 118 Å². The predicted molar refractivity (Wildman–Crippen MR) is 78.4 cm³/mol. The number of hydrogen-bond acceptors (Lipinski definition) is 4. The third-order valence-electron chi connectivity index (χ3n) is 2.82. The summed E-state index contributed by atoms with van der Waals surface area (Å²) in [7, 11) is 3.26. The Balaban J connectivity index is 1.97. The highest BCUT2D eigenvalue weighted by atomic mass is 16.6. The molecule has 0 fully saturated rings. The Hall–Kier alpha value is -2.49. The van der Waals surface area contributed by atoms with Gasteiger partial charge >= 0.3 is 0 Å². The van der Waals surface area contributed by atoms with Crippen molar-refractivity contribution in [2.24, 2.45) is 5.16 Å². The van der Waals surface area contributed by atoms with Crippen LogP contribution in [0.25, 0.3) is 0 Å².